The summed E-state index contributed by atoms with van der Waals surface area (Å²) in [7, 11) is -3.59. The van der Waals surface area contributed by atoms with Crippen LogP contribution in [0.15, 0.2) is 83.8 Å². The smallest absolute Gasteiger partial charge is 0.258 e. The van der Waals surface area contributed by atoms with Gasteiger partial charge in [-0.2, -0.15) is 0 Å². The minimum atomic E-state index is -3.59. The van der Waals surface area contributed by atoms with Gasteiger partial charge in [0.25, 0.3) is 5.91 Å². The van der Waals surface area contributed by atoms with Gasteiger partial charge in [0, 0.05) is 23.8 Å². The fourth-order valence-corrected chi connectivity index (χ4v) is 4.69. The van der Waals surface area contributed by atoms with Crippen molar-refractivity contribution in [1.82, 2.24) is 4.72 Å². The van der Waals surface area contributed by atoms with Gasteiger partial charge in [-0.15, -0.1) is 0 Å². The Bertz CT molecular complexity index is 1130. The van der Waals surface area contributed by atoms with Crippen molar-refractivity contribution in [3.8, 4) is 0 Å². The lowest BCUT2D eigenvalue weighted by atomic mass is 10.1. The highest BCUT2D eigenvalue weighted by Crippen LogP contribution is 2.34. The molecule has 1 unspecified atom stereocenters. The lowest BCUT2D eigenvalue weighted by Gasteiger charge is -2.23. The minimum Gasteiger partial charge on any atom is -0.305 e. The van der Waals surface area contributed by atoms with Crippen LogP contribution in [0.3, 0.4) is 0 Å². The summed E-state index contributed by atoms with van der Waals surface area (Å²) in [4.78, 5) is 15.1. The highest BCUT2D eigenvalue weighted by Gasteiger charge is 2.31. The molecule has 148 valence electrons. The molecule has 0 saturated heterocycles. The van der Waals surface area contributed by atoms with Crippen LogP contribution in [-0.2, 0) is 23.0 Å². The molecule has 0 radical (unpaired) electrons. The monoisotopic (exact) mass is 406 g/mol. The zero-order valence-electron chi connectivity index (χ0n) is 16.1. The van der Waals surface area contributed by atoms with Gasteiger partial charge in [-0.3, -0.25) is 4.79 Å². The molecule has 1 heterocycles. The number of hydrogen-bond donors (Lipinski definition) is 1. The van der Waals surface area contributed by atoms with E-state index in [9.17, 15) is 13.2 Å². The second-order valence-corrected chi connectivity index (χ2v) is 8.96. The summed E-state index contributed by atoms with van der Waals surface area (Å²) in [5.74, 6) is -0.0427. The van der Waals surface area contributed by atoms with Crippen LogP contribution in [0.5, 0.6) is 0 Å². The summed E-state index contributed by atoms with van der Waals surface area (Å²) in [5, 5.41) is 0. The molecule has 5 nitrogen and oxygen atoms in total. The Hall–Kier alpha value is -2.96. The molecule has 0 fully saturated rings. The average molecular weight is 407 g/mol. The average Bonchev–Trinajstić information content (AvgIpc) is 3.08. The zero-order valence-corrected chi connectivity index (χ0v) is 16.9. The third-order valence-corrected chi connectivity index (χ3v) is 6.54. The van der Waals surface area contributed by atoms with Crippen molar-refractivity contribution in [2.75, 3.05) is 4.90 Å². The van der Waals surface area contributed by atoms with Crippen LogP contribution < -0.4 is 9.62 Å². The first-order chi connectivity index (χ1) is 14.0. The summed E-state index contributed by atoms with van der Waals surface area (Å²) in [6.45, 7) is 2.19. The molecule has 0 spiro atoms. The van der Waals surface area contributed by atoms with Gasteiger partial charge in [0.2, 0.25) is 10.0 Å². The van der Waals surface area contributed by atoms with E-state index >= 15 is 0 Å². The molecule has 29 heavy (non-hydrogen) atoms. The second-order valence-electron chi connectivity index (χ2n) is 7.19. The molecule has 0 aromatic heterocycles. The van der Waals surface area contributed by atoms with Gasteiger partial charge in [-0.25, -0.2) is 13.1 Å². The number of carbonyl (C=O) groups is 1. The molecule has 4 rings (SSSR count). The van der Waals surface area contributed by atoms with Crippen LogP contribution in [-0.4, -0.2) is 20.4 Å². The number of carbonyl (C=O) groups excluding carboxylic acids is 1. The van der Waals surface area contributed by atoms with Gasteiger partial charge >= 0.3 is 0 Å². The van der Waals surface area contributed by atoms with Crippen LogP contribution in [0.4, 0.5) is 5.69 Å². The Morgan fingerprint density at radius 2 is 1.66 bits per heavy atom. The molecule has 0 saturated carbocycles. The molecule has 3 aromatic rings. The molecular formula is C23H22N2O3S. The van der Waals surface area contributed by atoms with Crippen molar-refractivity contribution in [3.05, 3.63) is 95.6 Å². The van der Waals surface area contributed by atoms with E-state index in [4.69, 9.17) is 0 Å². The lowest BCUT2D eigenvalue weighted by molar-refractivity contribution is 0.0981. The third kappa shape index (κ3) is 3.95. The van der Waals surface area contributed by atoms with Crippen LogP contribution in [0.25, 0.3) is 0 Å². The standard InChI is InChI=1S/C23H22N2O3S/c1-17-14-20-13-12-18(16-24-29(27,28)21-10-6-3-7-11-21)15-22(20)25(17)23(26)19-8-4-2-5-9-19/h2-13,15,17,24H,14,16H2,1H3. The second kappa shape index (κ2) is 7.81. The number of nitrogens with zero attached hydrogens (tertiary/aromatic N) is 1. The number of benzene rings is 3. The number of fused-ring (bicyclic) bond motifs is 1. The molecule has 1 aliphatic heterocycles. The molecule has 6 heteroatoms. The van der Waals surface area contributed by atoms with Crippen molar-refractivity contribution in [1.29, 1.82) is 0 Å². The third-order valence-electron chi connectivity index (χ3n) is 5.12. The van der Waals surface area contributed by atoms with E-state index in [2.05, 4.69) is 4.72 Å². The number of hydrogen-bond acceptors (Lipinski definition) is 3. The Kier molecular flexibility index (Phi) is 5.22. The van der Waals surface area contributed by atoms with Crippen LogP contribution >= 0.6 is 0 Å². The molecule has 3 aromatic carbocycles. The van der Waals surface area contributed by atoms with Crippen LogP contribution in [0.1, 0.15) is 28.4 Å². The van der Waals surface area contributed by atoms with Gasteiger partial charge in [0.1, 0.15) is 0 Å². The van der Waals surface area contributed by atoms with Gasteiger partial charge in [-0.1, -0.05) is 48.5 Å². The lowest BCUT2D eigenvalue weighted by Crippen LogP contribution is -2.35. The topological polar surface area (TPSA) is 66.5 Å². The zero-order chi connectivity index (χ0) is 20.4. The molecular weight excluding hydrogens is 384 g/mol. The molecule has 0 aliphatic carbocycles. The molecule has 1 N–H and O–H groups in total. The van der Waals surface area contributed by atoms with Crippen LogP contribution in [0.2, 0.25) is 0 Å². The minimum absolute atomic E-state index is 0.0427. The maximum absolute atomic E-state index is 13.0. The number of amides is 1. The van der Waals surface area contributed by atoms with E-state index in [0.29, 0.717) is 5.56 Å². The maximum Gasteiger partial charge on any atom is 0.258 e. The highest BCUT2D eigenvalue weighted by molar-refractivity contribution is 7.89. The predicted octanol–water partition coefficient (Wildman–Crippen LogP) is 3.76. The first kappa shape index (κ1) is 19.4. The summed E-state index contributed by atoms with van der Waals surface area (Å²) in [5.41, 5.74) is 3.39. The molecule has 1 amide bonds. The summed E-state index contributed by atoms with van der Waals surface area (Å²) in [6.07, 6.45) is 0.782. The van der Waals surface area contributed by atoms with Gasteiger partial charge < -0.3 is 4.90 Å². The quantitative estimate of drug-likeness (QED) is 0.702. The van der Waals surface area contributed by atoms with E-state index in [1.165, 1.54) is 0 Å². The summed E-state index contributed by atoms with van der Waals surface area (Å²) >= 11 is 0. The largest absolute Gasteiger partial charge is 0.305 e. The fraction of sp³-hybridized carbons (Fsp3) is 0.174. The van der Waals surface area contributed by atoms with Crippen molar-refractivity contribution in [2.45, 2.75) is 30.8 Å². The number of rotatable bonds is 5. The predicted molar refractivity (Wildman–Crippen MR) is 113 cm³/mol. The van der Waals surface area contributed by atoms with E-state index in [1.807, 2.05) is 55.5 Å². The normalized spacial score (nSPS) is 15.9. The van der Waals surface area contributed by atoms with E-state index < -0.39 is 10.0 Å². The van der Waals surface area contributed by atoms with Crippen molar-refractivity contribution in [2.24, 2.45) is 0 Å². The summed E-state index contributed by atoms with van der Waals surface area (Å²) < 4.78 is 27.6. The van der Waals surface area contributed by atoms with Crippen molar-refractivity contribution in [3.63, 3.8) is 0 Å². The highest BCUT2D eigenvalue weighted by atomic mass is 32.2. The maximum atomic E-state index is 13.0. The van der Waals surface area contributed by atoms with Gasteiger partial charge in [0.15, 0.2) is 0 Å². The fourth-order valence-electron chi connectivity index (χ4n) is 3.65. The van der Waals surface area contributed by atoms with Gasteiger partial charge in [-0.05, 0) is 54.8 Å². The number of sulfonamides is 1. The number of anilines is 1. The first-order valence-corrected chi connectivity index (χ1v) is 11.0. The van der Waals surface area contributed by atoms with E-state index in [-0.39, 0.29) is 23.4 Å². The Balaban J connectivity index is 1.57. The summed E-state index contributed by atoms with van der Waals surface area (Å²) in [6, 6.07) is 23.3. The van der Waals surface area contributed by atoms with Crippen molar-refractivity contribution >= 4 is 21.6 Å². The first-order valence-electron chi connectivity index (χ1n) is 9.51. The van der Waals surface area contributed by atoms with E-state index in [0.717, 1.165) is 23.2 Å². The van der Waals surface area contributed by atoms with Gasteiger partial charge in [0.05, 0.1) is 4.90 Å². The molecule has 0 bridgehead atoms. The van der Waals surface area contributed by atoms with Crippen LogP contribution in [0, 0.1) is 0 Å². The Morgan fingerprint density at radius 1 is 1.00 bits per heavy atom. The SMILES string of the molecule is CC1Cc2ccc(CNS(=O)(=O)c3ccccc3)cc2N1C(=O)c1ccccc1. The van der Waals surface area contributed by atoms with Crippen molar-refractivity contribution < 1.29 is 13.2 Å². The Labute approximate surface area is 171 Å². The van der Waals surface area contributed by atoms with E-state index in [1.54, 1.807) is 35.2 Å². The number of nitrogens with one attached hydrogen (secondary N) is 1. The molecule has 1 atom stereocenters. The molecule has 1 aliphatic rings. The Morgan fingerprint density at radius 3 is 2.34 bits per heavy atom.